The predicted octanol–water partition coefficient (Wildman–Crippen LogP) is 4.69. The average Bonchev–Trinajstić information content (AvgIpc) is 2.79. The molecule has 0 bridgehead atoms. The third-order valence-corrected chi connectivity index (χ3v) is 6.30. The minimum absolute atomic E-state index is 0.130. The minimum Gasteiger partial charge on any atom is -0.343 e. The van der Waals surface area contributed by atoms with Crippen molar-refractivity contribution in [1.29, 1.82) is 0 Å². The molecule has 1 unspecified atom stereocenters. The average molecular weight is 427 g/mol. The maximum atomic E-state index is 13.2. The number of nitrogens with zero attached hydrogens (tertiary/aromatic N) is 2. The van der Waals surface area contributed by atoms with Crippen molar-refractivity contribution in [3.63, 3.8) is 0 Å². The summed E-state index contributed by atoms with van der Waals surface area (Å²) >= 11 is 6.53. The first-order valence-electron chi connectivity index (χ1n) is 10.8. The molecule has 1 aliphatic heterocycles. The van der Waals surface area contributed by atoms with Crippen LogP contribution in [0.1, 0.15) is 42.7 Å². The second-order valence-corrected chi connectivity index (χ2v) is 8.58. The monoisotopic (exact) mass is 426 g/mol. The summed E-state index contributed by atoms with van der Waals surface area (Å²) in [4.78, 5) is 29.6. The van der Waals surface area contributed by atoms with E-state index in [-0.39, 0.29) is 11.8 Å². The van der Waals surface area contributed by atoms with Gasteiger partial charge in [0.05, 0.1) is 0 Å². The number of piperidine rings is 1. The Hall–Kier alpha value is -2.33. The standard InChI is InChI=1S/C25H31ClN2O2/c1-20-12-16-27(17-13-20)23(29)15-19-28(18-14-21-8-4-2-5-9-21)25(30)24(26)22-10-6-3-7-11-22/h2-11,20,24H,12-19H2,1H3. The fourth-order valence-corrected chi connectivity index (χ4v) is 4.10. The van der Waals surface area contributed by atoms with Crippen LogP contribution in [-0.2, 0) is 16.0 Å². The van der Waals surface area contributed by atoms with Gasteiger partial charge in [0.25, 0.3) is 0 Å². The first-order valence-corrected chi connectivity index (χ1v) is 11.3. The van der Waals surface area contributed by atoms with Crippen LogP contribution in [0.15, 0.2) is 60.7 Å². The first-order chi connectivity index (χ1) is 14.5. The largest absolute Gasteiger partial charge is 0.343 e. The van der Waals surface area contributed by atoms with Crippen LogP contribution in [0.2, 0.25) is 0 Å². The molecule has 1 atom stereocenters. The highest BCUT2D eigenvalue weighted by atomic mass is 35.5. The highest BCUT2D eigenvalue weighted by Crippen LogP contribution is 2.23. The maximum absolute atomic E-state index is 13.2. The minimum atomic E-state index is -0.743. The van der Waals surface area contributed by atoms with Crippen LogP contribution in [0.25, 0.3) is 0 Å². The fourth-order valence-electron chi connectivity index (χ4n) is 3.81. The quantitative estimate of drug-likeness (QED) is 0.574. The molecular formula is C25H31ClN2O2. The Morgan fingerprint density at radius 2 is 1.60 bits per heavy atom. The smallest absolute Gasteiger partial charge is 0.245 e. The van der Waals surface area contributed by atoms with Crippen molar-refractivity contribution in [3.05, 3.63) is 71.8 Å². The summed E-state index contributed by atoms with van der Waals surface area (Å²) in [5.41, 5.74) is 1.95. The number of likely N-dealkylation sites (tertiary alicyclic amines) is 1. The molecule has 1 saturated heterocycles. The van der Waals surface area contributed by atoms with Gasteiger partial charge in [0.2, 0.25) is 11.8 Å². The van der Waals surface area contributed by atoms with Crippen molar-refractivity contribution >= 4 is 23.4 Å². The molecule has 0 saturated carbocycles. The van der Waals surface area contributed by atoms with Gasteiger partial charge in [0.15, 0.2) is 0 Å². The van der Waals surface area contributed by atoms with E-state index in [2.05, 4.69) is 19.1 Å². The molecule has 160 valence electrons. The Balaban J connectivity index is 1.63. The molecule has 1 fully saturated rings. The maximum Gasteiger partial charge on any atom is 0.245 e. The second kappa shape index (κ2) is 11.2. The van der Waals surface area contributed by atoms with Gasteiger partial charge in [-0.3, -0.25) is 9.59 Å². The van der Waals surface area contributed by atoms with E-state index in [1.807, 2.05) is 53.4 Å². The van der Waals surface area contributed by atoms with Gasteiger partial charge in [-0.1, -0.05) is 67.6 Å². The summed E-state index contributed by atoms with van der Waals surface area (Å²) in [6.45, 7) is 4.81. The molecular weight excluding hydrogens is 396 g/mol. The van der Waals surface area contributed by atoms with E-state index in [0.717, 1.165) is 43.5 Å². The molecule has 0 spiro atoms. The number of hydrogen-bond acceptors (Lipinski definition) is 2. The van der Waals surface area contributed by atoms with E-state index in [1.54, 1.807) is 4.90 Å². The Morgan fingerprint density at radius 1 is 1.00 bits per heavy atom. The normalized spacial score (nSPS) is 15.6. The number of benzene rings is 2. The highest BCUT2D eigenvalue weighted by molar-refractivity contribution is 6.30. The molecule has 0 aliphatic carbocycles. The Labute approximate surface area is 184 Å². The first kappa shape index (κ1) is 22.4. The van der Waals surface area contributed by atoms with E-state index < -0.39 is 5.38 Å². The van der Waals surface area contributed by atoms with E-state index in [4.69, 9.17) is 11.6 Å². The van der Waals surface area contributed by atoms with Crippen molar-refractivity contribution in [3.8, 4) is 0 Å². The summed E-state index contributed by atoms with van der Waals surface area (Å²) in [6, 6.07) is 19.5. The van der Waals surface area contributed by atoms with Crippen LogP contribution < -0.4 is 0 Å². The van der Waals surface area contributed by atoms with Crippen LogP contribution in [0, 0.1) is 5.92 Å². The lowest BCUT2D eigenvalue weighted by Crippen LogP contribution is -2.41. The molecule has 1 aliphatic rings. The number of amides is 2. The van der Waals surface area contributed by atoms with Gasteiger partial charge in [-0.05, 0) is 36.3 Å². The van der Waals surface area contributed by atoms with E-state index in [9.17, 15) is 9.59 Å². The van der Waals surface area contributed by atoms with Crippen molar-refractivity contribution in [2.24, 2.45) is 5.92 Å². The molecule has 30 heavy (non-hydrogen) atoms. The lowest BCUT2D eigenvalue weighted by molar-refractivity contribution is -0.135. The van der Waals surface area contributed by atoms with Crippen LogP contribution >= 0.6 is 11.6 Å². The molecule has 2 amide bonds. The molecule has 0 aromatic heterocycles. The number of carbonyl (C=O) groups is 2. The molecule has 2 aromatic carbocycles. The molecule has 5 heteroatoms. The van der Waals surface area contributed by atoms with Crippen molar-refractivity contribution in [2.75, 3.05) is 26.2 Å². The van der Waals surface area contributed by atoms with Gasteiger partial charge in [0, 0.05) is 32.6 Å². The number of carbonyl (C=O) groups excluding carboxylic acids is 2. The number of alkyl halides is 1. The number of hydrogen-bond donors (Lipinski definition) is 0. The lowest BCUT2D eigenvalue weighted by Gasteiger charge is -2.31. The Bertz CT molecular complexity index is 804. The Morgan fingerprint density at radius 3 is 2.23 bits per heavy atom. The molecule has 0 radical (unpaired) electrons. The second-order valence-electron chi connectivity index (χ2n) is 8.15. The molecule has 2 aromatic rings. The highest BCUT2D eigenvalue weighted by Gasteiger charge is 2.26. The summed E-state index contributed by atoms with van der Waals surface area (Å²) in [7, 11) is 0. The SMILES string of the molecule is CC1CCN(C(=O)CCN(CCc2ccccc2)C(=O)C(Cl)c2ccccc2)CC1. The Kier molecular flexibility index (Phi) is 8.32. The number of rotatable bonds is 8. The van der Waals surface area contributed by atoms with Crippen LogP contribution in [0.3, 0.4) is 0 Å². The molecule has 0 N–H and O–H groups in total. The van der Waals surface area contributed by atoms with Crippen LogP contribution in [0.5, 0.6) is 0 Å². The number of halogens is 1. The van der Waals surface area contributed by atoms with Gasteiger partial charge in [-0.2, -0.15) is 0 Å². The van der Waals surface area contributed by atoms with Crippen LogP contribution in [0.4, 0.5) is 0 Å². The van der Waals surface area contributed by atoms with Crippen molar-refractivity contribution < 1.29 is 9.59 Å². The lowest BCUT2D eigenvalue weighted by atomic mass is 9.99. The zero-order valence-electron chi connectivity index (χ0n) is 17.7. The summed E-state index contributed by atoms with van der Waals surface area (Å²) in [6.07, 6.45) is 3.19. The zero-order valence-corrected chi connectivity index (χ0v) is 18.4. The van der Waals surface area contributed by atoms with Crippen molar-refractivity contribution in [1.82, 2.24) is 9.80 Å². The third-order valence-electron chi connectivity index (χ3n) is 5.87. The van der Waals surface area contributed by atoms with Crippen molar-refractivity contribution in [2.45, 2.75) is 38.0 Å². The topological polar surface area (TPSA) is 40.6 Å². The van der Waals surface area contributed by atoms with Gasteiger partial charge in [-0.25, -0.2) is 0 Å². The molecule has 3 rings (SSSR count). The van der Waals surface area contributed by atoms with E-state index >= 15 is 0 Å². The van der Waals surface area contributed by atoms with Gasteiger partial charge in [-0.15, -0.1) is 11.6 Å². The van der Waals surface area contributed by atoms with Gasteiger partial charge >= 0.3 is 0 Å². The fraction of sp³-hybridized carbons (Fsp3) is 0.440. The van der Waals surface area contributed by atoms with Gasteiger partial charge < -0.3 is 9.80 Å². The van der Waals surface area contributed by atoms with Crippen LogP contribution in [-0.4, -0.2) is 47.8 Å². The molecule has 4 nitrogen and oxygen atoms in total. The predicted molar refractivity (Wildman–Crippen MR) is 121 cm³/mol. The van der Waals surface area contributed by atoms with Gasteiger partial charge in [0.1, 0.15) is 5.38 Å². The summed E-state index contributed by atoms with van der Waals surface area (Å²) < 4.78 is 0. The van der Waals surface area contributed by atoms with E-state index in [1.165, 1.54) is 0 Å². The third kappa shape index (κ3) is 6.33. The molecule has 1 heterocycles. The summed E-state index contributed by atoms with van der Waals surface area (Å²) in [5.74, 6) is 0.671. The zero-order chi connectivity index (χ0) is 21.3. The van der Waals surface area contributed by atoms with E-state index in [0.29, 0.717) is 25.4 Å². The summed E-state index contributed by atoms with van der Waals surface area (Å²) in [5, 5.41) is -0.743.